The Morgan fingerprint density at radius 2 is 1.97 bits per heavy atom. The van der Waals surface area contributed by atoms with Crippen molar-refractivity contribution < 1.29 is 9.84 Å². The lowest BCUT2D eigenvalue weighted by Crippen LogP contribution is -2.21. The fourth-order valence-electron chi connectivity index (χ4n) is 2.94. The van der Waals surface area contributed by atoms with E-state index in [1.807, 2.05) is 12.1 Å². The van der Waals surface area contributed by atoms with Gasteiger partial charge in [0.1, 0.15) is 0 Å². The predicted molar refractivity (Wildman–Crippen MR) is 122 cm³/mol. The first-order chi connectivity index (χ1) is 14.0. The Bertz CT molecular complexity index is 1070. The van der Waals surface area contributed by atoms with E-state index in [2.05, 4.69) is 62.1 Å². The average molecular weight is 476 g/mol. The molecule has 0 spiro atoms. The van der Waals surface area contributed by atoms with Gasteiger partial charge in [-0.05, 0) is 84.0 Å². The molecular weight excluding hydrogens is 454 g/mol. The number of aromatic nitrogens is 3. The molecule has 0 unspecified atom stereocenters. The van der Waals surface area contributed by atoms with Gasteiger partial charge in [0.2, 0.25) is 4.77 Å². The summed E-state index contributed by atoms with van der Waals surface area (Å²) in [5, 5.41) is 21.5. The minimum atomic E-state index is 0.0403. The molecule has 1 aromatic heterocycles. The SMILES string of the molecule is CCN(CC)c1ccc(-c2n[nH]c(=S)n2/N=C/c2cc(Br)c(O)c(OC)c2)cc1. The highest BCUT2D eigenvalue weighted by molar-refractivity contribution is 9.10. The largest absolute Gasteiger partial charge is 0.503 e. The smallest absolute Gasteiger partial charge is 0.216 e. The summed E-state index contributed by atoms with van der Waals surface area (Å²) in [5.74, 6) is 1.00. The topological polar surface area (TPSA) is 78.7 Å². The molecule has 0 amide bonds. The Balaban J connectivity index is 1.94. The van der Waals surface area contributed by atoms with Crippen LogP contribution in [-0.2, 0) is 0 Å². The molecule has 7 nitrogen and oxygen atoms in total. The zero-order valence-electron chi connectivity index (χ0n) is 16.4. The highest BCUT2D eigenvalue weighted by atomic mass is 79.9. The maximum atomic E-state index is 9.95. The van der Waals surface area contributed by atoms with E-state index in [0.29, 0.717) is 20.8 Å². The van der Waals surface area contributed by atoms with E-state index in [4.69, 9.17) is 17.0 Å². The fraction of sp³-hybridized carbons (Fsp3) is 0.250. The lowest BCUT2D eigenvalue weighted by Gasteiger charge is -2.20. The van der Waals surface area contributed by atoms with Crippen molar-refractivity contribution in [2.24, 2.45) is 5.10 Å². The fourth-order valence-corrected chi connectivity index (χ4v) is 3.58. The quantitative estimate of drug-likeness (QED) is 0.378. The highest BCUT2D eigenvalue weighted by Gasteiger charge is 2.11. The van der Waals surface area contributed by atoms with Crippen LogP contribution in [0.2, 0.25) is 0 Å². The first-order valence-corrected chi connectivity index (χ1v) is 10.3. The number of hydrogen-bond acceptors (Lipinski definition) is 6. The molecule has 0 aliphatic carbocycles. The van der Waals surface area contributed by atoms with Gasteiger partial charge in [-0.2, -0.15) is 14.9 Å². The summed E-state index contributed by atoms with van der Waals surface area (Å²) >= 11 is 8.65. The molecule has 3 aromatic rings. The number of hydrogen-bond donors (Lipinski definition) is 2. The number of aromatic hydroxyl groups is 1. The molecular formula is C20H22BrN5O2S. The summed E-state index contributed by atoms with van der Waals surface area (Å²) in [6, 6.07) is 11.6. The number of nitrogens with one attached hydrogen (secondary N) is 1. The Kier molecular flexibility index (Phi) is 6.71. The number of phenols is 1. The number of methoxy groups -OCH3 is 1. The van der Waals surface area contributed by atoms with Crippen LogP contribution in [0.1, 0.15) is 19.4 Å². The second kappa shape index (κ2) is 9.23. The standard InChI is InChI=1S/C20H22BrN5O2S/c1-4-25(5-2)15-8-6-14(7-9-15)19-23-24-20(29)26(19)22-12-13-10-16(21)18(27)17(11-13)28-3/h6-12,27H,4-5H2,1-3H3,(H,24,29)/b22-12+. The van der Waals surface area contributed by atoms with E-state index in [0.717, 1.165) is 29.9 Å². The van der Waals surface area contributed by atoms with Crippen molar-refractivity contribution in [2.75, 3.05) is 25.1 Å². The number of phenolic OH excluding ortho intramolecular Hbond substituents is 1. The Hall–Kier alpha value is -2.65. The number of ether oxygens (including phenoxy) is 1. The van der Waals surface area contributed by atoms with Gasteiger partial charge in [-0.15, -0.1) is 0 Å². The number of nitrogens with zero attached hydrogens (tertiary/aromatic N) is 4. The van der Waals surface area contributed by atoms with Gasteiger partial charge in [-0.3, -0.25) is 0 Å². The van der Waals surface area contributed by atoms with Gasteiger partial charge in [-0.25, -0.2) is 5.10 Å². The number of halogens is 1. The normalized spacial score (nSPS) is 11.2. The van der Waals surface area contributed by atoms with Crippen molar-refractivity contribution in [1.29, 1.82) is 0 Å². The molecule has 2 N–H and O–H groups in total. The van der Waals surface area contributed by atoms with Crippen LogP contribution in [0.5, 0.6) is 11.5 Å². The molecule has 9 heteroatoms. The summed E-state index contributed by atoms with van der Waals surface area (Å²) < 4.78 is 7.64. The Morgan fingerprint density at radius 3 is 2.59 bits per heavy atom. The van der Waals surface area contributed by atoms with Crippen LogP contribution >= 0.6 is 28.1 Å². The van der Waals surface area contributed by atoms with Gasteiger partial charge in [0.15, 0.2) is 17.3 Å². The summed E-state index contributed by atoms with van der Waals surface area (Å²) in [5.41, 5.74) is 2.79. The molecule has 0 aliphatic rings. The van der Waals surface area contributed by atoms with Crippen molar-refractivity contribution in [3.8, 4) is 22.9 Å². The van der Waals surface area contributed by atoms with Crippen molar-refractivity contribution in [3.63, 3.8) is 0 Å². The minimum Gasteiger partial charge on any atom is -0.503 e. The molecule has 0 atom stereocenters. The van der Waals surface area contributed by atoms with Gasteiger partial charge in [0.05, 0.1) is 17.8 Å². The second-order valence-corrected chi connectivity index (χ2v) is 7.42. The monoisotopic (exact) mass is 475 g/mol. The van der Waals surface area contributed by atoms with Gasteiger partial charge in [0.25, 0.3) is 0 Å². The van der Waals surface area contributed by atoms with Gasteiger partial charge in [-0.1, -0.05) is 0 Å². The molecule has 0 saturated heterocycles. The van der Waals surface area contributed by atoms with Crippen LogP contribution in [-0.4, -0.2) is 46.4 Å². The number of benzene rings is 2. The van der Waals surface area contributed by atoms with E-state index in [1.54, 1.807) is 23.0 Å². The molecule has 3 rings (SSSR count). The lowest BCUT2D eigenvalue weighted by molar-refractivity contribution is 0.372. The van der Waals surface area contributed by atoms with E-state index in [1.165, 1.54) is 7.11 Å². The van der Waals surface area contributed by atoms with Crippen LogP contribution in [0, 0.1) is 4.77 Å². The summed E-state index contributed by atoms with van der Waals surface area (Å²) in [6.45, 7) is 6.16. The summed E-state index contributed by atoms with van der Waals surface area (Å²) in [4.78, 5) is 2.27. The summed E-state index contributed by atoms with van der Waals surface area (Å²) in [6.07, 6.45) is 1.63. The number of aromatic amines is 1. The van der Waals surface area contributed by atoms with Crippen molar-refractivity contribution in [2.45, 2.75) is 13.8 Å². The molecule has 0 fully saturated rings. The molecule has 0 radical (unpaired) electrons. The Morgan fingerprint density at radius 1 is 1.28 bits per heavy atom. The van der Waals surface area contributed by atoms with E-state index in [-0.39, 0.29) is 5.75 Å². The molecule has 1 heterocycles. The number of H-pyrrole nitrogens is 1. The number of rotatable bonds is 7. The Labute approximate surface area is 182 Å². The molecule has 2 aromatic carbocycles. The van der Waals surface area contributed by atoms with Crippen LogP contribution in [0.4, 0.5) is 5.69 Å². The third-order valence-electron chi connectivity index (χ3n) is 4.50. The van der Waals surface area contributed by atoms with E-state index in [9.17, 15) is 5.11 Å². The maximum absolute atomic E-state index is 9.95. The van der Waals surface area contributed by atoms with Crippen LogP contribution in [0.3, 0.4) is 0 Å². The minimum absolute atomic E-state index is 0.0403. The zero-order chi connectivity index (χ0) is 21.0. The van der Waals surface area contributed by atoms with Gasteiger partial charge < -0.3 is 14.7 Å². The van der Waals surface area contributed by atoms with Crippen molar-refractivity contribution in [3.05, 3.63) is 51.2 Å². The molecule has 0 aliphatic heterocycles. The maximum Gasteiger partial charge on any atom is 0.216 e. The third kappa shape index (κ3) is 4.51. The molecule has 0 saturated carbocycles. The average Bonchev–Trinajstić information content (AvgIpc) is 3.10. The van der Waals surface area contributed by atoms with Crippen molar-refractivity contribution >= 4 is 40.0 Å². The van der Waals surface area contributed by atoms with E-state index < -0.39 is 0 Å². The van der Waals surface area contributed by atoms with Crippen molar-refractivity contribution in [1.82, 2.24) is 14.9 Å². The van der Waals surface area contributed by atoms with Crippen LogP contribution in [0.25, 0.3) is 11.4 Å². The van der Waals surface area contributed by atoms with E-state index >= 15 is 0 Å². The number of anilines is 1. The highest BCUT2D eigenvalue weighted by Crippen LogP contribution is 2.34. The lowest BCUT2D eigenvalue weighted by atomic mass is 10.2. The van der Waals surface area contributed by atoms with Gasteiger partial charge >= 0.3 is 0 Å². The predicted octanol–water partition coefficient (Wildman–Crippen LogP) is 4.81. The van der Waals surface area contributed by atoms with Gasteiger partial charge in [0, 0.05) is 24.3 Å². The first-order valence-electron chi connectivity index (χ1n) is 9.12. The first kappa shape index (κ1) is 21.1. The molecule has 152 valence electrons. The third-order valence-corrected chi connectivity index (χ3v) is 5.37. The van der Waals surface area contributed by atoms with Crippen LogP contribution < -0.4 is 9.64 Å². The molecule has 29 heavy (non-hydrogen) atoms. The second-order valence-electron chi connectivity index (χ2n) is 6.18. The van der Waals surface area contributed by atoms with Crippen LogP contribution in [0.15, 0.2) is 46.0 Å². The zero-order valence-corrected chi connectivity index (χ0v) is 18.8. The molecule has 0 bridgehead atoms. The summed E-state index contributed by atoms with van der Waals surface area (Å²) in [7, 11) is 1.49.